The fraction of sp³-hybridized carbons (Fsp3) is 0.304. The average molecular weight is 421 g/mol. The molecular formula is C23H24N4O2S. The molecule has 0 unspecified atom stereocenters. The monoisotopic (exact) mass is 420 g/mol. The van der Waals surface area contributed by atoms with E-state index in [0.717, 1.165) is 47.7 Å². The number of benzene rings is 2. The van der Waals surface area contributed by atoms with Crippen LogP contribution in [0.3, 0.4) is 0 Å². The Hall–Kier alpha value is -2.93. The Morgan fingerprint density at radius 2 is 1.60 bits per heavy atom. The number of hydrogen-bond donors (Lipinski definition) is 2. The number of carbonyl (C=O) groups is 2. The van der Waals surface area contributed by atoms with Crippen molar-refractivity contribution in [2.24, 2.45) is 0 Å². The smallest absolute Gasteiger partial charge is 0.321 e. The van der Waals surface area contributed by atoms with Crippen LogP contribution in [0, 0.1) is 0 Å². The van der Waals surface area contributed by atoms with Gasteiger partial charge in [0.05, 0.1) is 5.75 Å². The van der Waals surface area contributed by atoms with Crippen LogP contribution in [0.4, 0.5) is 4.79 Å². The third-order valence-electron chi connectivity index (χ3n) is 5.23. The number of hydrogen-bond acceptors (Lipinski definition) is 5. The number of carbonyl (C=O) groups excluding carboxylic acids is 2. The van der Waals surface area contributed by atoms with Crippen molar-refractivity contribution < 1.29 is 9.59 Å². The molecule has 4 rings (SSSR count). The molecule has 0 saturated heterocycles. The molecule has 1 aliphatic carbocycles. The predicted octanol–water partition coefficient (Wildman–Crippen LogP) is 4.55. The number of nitrogens with zero attached hydrogens (tertiary/aromatic N) is 2. The van der Waals surface area contributed by atoms with Crippen LogP contribution >= 0.6 is 11.8 Å². The van der Waals surface area contributed by atoms with Crippen molar-refractivity contribution in [3.63, 3.8) is 0 Å². The molecule has 154 valence electrons. The molecule has 1 saturated carbocycles. The average Bonchev–Trinajstić information content (AvgIpc) is 2.78. The van der Waals surface area contributed by atoms with Crippen LogP contribution in [0.2, 0.25) is 0 Å². The molecule has 7 heteroatoms. The molecule has 1 aliphatic rings. The molecule has 1 aromatic heterocycles. The summed E-state index contributed by atoms with van der Waals surface area (Å²) < 4.78 is 0. The Labute approximate surface area is 179 Å². The highest BCUT2D eigenvalue weighted by Crippen LogP contribution is 2.31. The molecule has 0 atom stereocenters. The molecule has 0 radical (unpaired) electrons. The number of imide groups is 1. The molecule has 0 aliphatic heterocycles. The summed E-state index contributed by atoms with van der Waals surface area (Å²) in [7, 11) is 0. The first-order valence-electron chi connectivity index (χ1n) is 10.2. The summed E-state index contributed by atoms with van der Waals surface area (Å²) >= 11 is 1.28. The van der Waals surface area contributed by atoms with E-state index in [1.807, 2.05) is 54.6 Å². The van der Waals surface area contributed by atoms with Gasteiger partial charge >= 0.3 is 6.03 Å². The van der Waals surface area contributed by atoms with Crippen molar-refractivity contribution in [2.75, 3.05) is 5.75 Å². The Morgan fingerprint density at radius 3 is 2.37 bits per heavy atom. The van der Waals surface area contributed by atoms with Gasteiger partial charge in [0.1, 0.15) is 10.7 Å². The number of fused-ring (bicyclic) bond motifs is 1. The van der Waals surface area contributed by atoms with Crippen LogP contribution in [0.15, 0.2) is 59.6 Å². The summed E-state index contributed by atoms with van der Waals surface area (Å²) in [5.41, 5.74) is 1.81. The molecule has 1 heterocycles. The van der Waals surface area contributed by atoms with E-state index >= 15 is 0 Å². The molecule has 3 amide bonds. The maximum Gasteiger partial charge on any atom is 0.321 e. The lowest BCUT2D eigenvalue weighted by Crippen LogP contribution is -2.45. The third-order valence-corrected chi connectivity index (χ3v) is 6.22. The summed E-state index contributed by atoms with van der Waals surface area (Å²) in [6, 6.07) is 17.6. The van der Waals surface area contributed by atoms with E-state index in [2.05, 4.69) is 20.8 Å². The van der Waals surface area contributed by atoms with E-state index in [9.17, 15) is 9.59 Å². The fourth-order valence-electron chi connectivity index (χ4n) is 3.76. The van der Waals surface area contributed by atoms with Gasteiger partial charge < -0.3 is 5.32 Å². The minimum Gasteiger partial charge on any atom is -0.335 e. The lowest BCUT2D eigenvalue weighted by atomic mass is 9.96. The standard InChI is InChI=1S/C23H24N4O2S/c28-20(25-23(29)24-17-11-5-2-6-12-17)15-30-22-19-14-8-7-13-18(19)21(26-27-22)16-9-3-1-4-10-16/h1,3-4,7-10,13-14,17H,2,5-6,11-12,15H2,(H2,24,25,28,29). The highest BCUT2D eigenvalue weighted by Gasteiger charge is 2.18. The van der Waals surface area contributed by atoms with Gasteiger partial charge in [-0.25, -0.2) is 4.79 Å². The number of rotatable bonds is 5. The molecule has 2 aromatic carbocycles. The van der Waals surface area contributed by atoms with Crippen molar-refractivity contribution in [2.45, 2.75) is 43.2 Å². The SMILES string of the molecule is O=C(CSc1nnc(-c2ccccc2)c2ccccc12)NC(=O)NC1CCCCC1. The highest BCUT2D eigenvalue weighted by atomic mass is 32.2. The lowest BCUT2D eigenvalue weighted by Gasteiger charge is -2.22. The second-order valence-electron chi connectivity index (χ2n) is 7.41. The summed E-state index contributed by atoms with van der Waals surface area (Å²) in [6.07, 6.45) is 5.42. The van der Waals surface area contributed by atoms with E-state index in [1.54, 1.807) is 0 Å². The van der Waals surface area contributed by atoms with Crippen LogP contribution in [0.5, 0.6) is 0 Å². The maximum atomic E-state index is 12.3. The van der Waals surface area contributed by atoms with Gasteiger partial charge in [-0.1, -0.05) is 85.6 Å². The minimum absolute atomic E-state index is 0.0987. The first kappa shape index (κ1) is 20.3. The number of aromatic nitrogens is 2. The maximum absolute atomic E-state index is 12.3. The summed E-state index contributed by atoms with van der Waals surface area (Å²) in [4.78, 5) is 24.3. The van der Waals surface area contributed by atoms with E-state index in [-0.39, 0.29) is 17.7 Å². The van der Waals surface area contributed by atoms with Gasteiger partial charge in [-0.15, -0.1) is 10.2 Å². The summed E-state index contributed by atoms with van der Waals surface area (Å²) in [5.74, 6) is -0.243. The Balaban J connectivity index is 1.42. The minimum atomic E-state index is -0.414. The zero-order chi connectivity index (χ0) is 20.8. The van der Waals surface area contributed by atoms with E-state index in [0.29, 0.717) is 5.03 Å². The van der Waals surface area contributed by atoms with Gasteiger partial charge in [0.25, 0.3) is 0 Å². The number of amides is 3. The normalized spacial score (nSPS) is 14.4. The Morgan fingerprint density at radius 1 is 0.900 bits per heavy atom. The van der Waals surface area contributed by atoms with Crippen molar-refractivity contribution >= 4 is 34.5 Å². The third kappa shape index (κ3) is 4.97. The van der Waals surface area contributed by atoms with Gasteiger partial charge in [-0.3, -0.25) is 10.1 Å². The topological polar surface area (TPSA) is 84.0 Å². The van der Waals surface area contributed by atoms with Crippen LogP contribution in [0.25, 0.3) is 22.0 Å². The first-order valence-corrected chi connectivity index (χ1v) is 11.2. The summed E-state index contributed by atoms with van der Waals surface area (Å²) in [6.45, 7) is 0. The van der Waals surface area contributed by atoms with Gasteiger partial charge in [-0.2, -0.15) is 0 Å². The molecule has 2 N–H and O–H groups in total. The first-order chi connectivity index (χ1) is 14.7. The van der Waals surface area contributed by atoms with E-state index in [1.165, 1.54) is 18.2 Å². The molecule has 6 nitrogen and oxygen atoms in total. The van der Waals surface area contributed by atoms with Crippen LogP contribution < -0.4 is 10.6 Å². The molecule has 30 heavy (non-hydrogen) atoms. The number of thioether (sulfide) groups is 1. The van der Waals surface area contributed by atoms with Gasteiger partial charge in [0.15, 0.2) is 0 Å². The zero-order valence-corrected chi connectivity index (χ0v) is 17.5. The predicted molar refractivity (Wildman–Crippen MR) is 119 cm³/mol. The quantitative estimate of drug-likeness (QED) is 0.592. The van der Waals surface area contributed by atoms with Gasteiger partial charge in [0, 0.05) is 22.4 Å². The largest absolute Gasteiger partial charge is 0.335 e. The fourth-order valence-corrected chi connectivity index (χ4v) is 4.53. The van der Waals surface area contributed by atoms with E-state index in [4.69, 9.17) is 0 Å². The lowest BCUT2D eigenvalue weighted by molar-refractivity contribution is -0.117. The van der Waals surface area contributed by atoms with E-state index < -0.39 is 6.03 Å². The number of urea groups is 1. The second kappa shape index (κ2) is 9.71. The van der Waals surface area contributed by atoms with Crippen molar-refractivity contribution in [1.82, 2.24) is 20.8 Å². The van der Waals surface area contributed by atoms with Crippen LogP contribution in [-0.2, 0) is 4.79 Å². The zero-order valence-electron chi connectivity index (χ0n) is 16.6. The Bertz CT molecular complexity index is 1040. The number of nitrogens with one attached hydrogen (secondary N) is 2. The van der Waals surface area contributed by atoms with Gasteiger partial charge in [-0.05, 0) is 12.8 Å². The van der Waals surface area contributed by atoms with Crippen molar-refractivity contribution in [1.29, 1.82) is 0 Å². The van der Waals surface area contributed by atoms with Gasteiger partial charge in [0.2, 0.25) is 5.91 Å². The highest BCUT2D eigenvalue weighted by molar-refractivity contribution is 8.00. The van der Waals surface area contributed by atoms with Crippen LogP contribution in [-0.4, -0.2) is 33.9 Å². The Kier molecular flexibility index (Phi) is 6.59. The van der Waals surface area contributed by atoms with Crippen LogP contribution in [0.1, 0.15) is 32.1 Å². The molecule has 0 bridgehead atoms. The molecule has 3 aromatic rings. The summed E-state index contributed by atoms with van der Waals surface area (Å²) in [5, 5.41) is 16.7. The van der Waals surface area contributed by atoms with Crippen molar-refractivity contribution in [3.8, 4) is 11.3 Å². The molecule has 1 fully saturated rings. The second-order valence-corrected chi connectivity index (χ2v) is 8.37. The molecular weight excluding hydrogens is 396 g/mol. The van der Waals surface area contributed by atoms with Crippen molar-refractivity contribution in [3.05, 3.63) is 54.6 Å². The molecule has 0 spiro atoms.